The Hall–Kier alpha value is -6.70. The predicted molar refractivity (Wildman–Crippen MR) is 208 cm³/mol. The average molecular weight is 671 g/mol. The Morgan fingerprint density at radius 1 is 0.373 bits per heavy atom. The first kappa shape index (κ1) is 29.2. The van der Waals surface area contributed by atoms with E-state index in [2.05, 4.69) is 83.8 Å². The molecular formula is C44H26N6S. The molecule has 5 aromatic heterocycles. The Bertz CT molecular complexity index is 2850. The van der Waals surface area contributed by atoms with Crippen LogP contribution in [0, 0.1) is 0 Å². The van der Waals surface area contributed by atoms with E-state index in [1.807, 2.05) is 72.9 Å². The normalized spacial score (nSPS) is 11.5. The van der Waals surface area contributed by atoms with Gasteiger partial charge in [-0.3, -0.25) is 4.98 Å². The van der Waals surface area contributed by atoms with E-state index in [1.165, 1.54) is 10.1 Å². The lowest BCUT2D eigenvalue weighted by Gasteiger charge is -2.09. The van der Waals surface area contributed by atoms with Gasteiger partial charge in [0.1, 0.15) is 0 Å². The van der Waals surface area contributed by atoms with Gasteiger partial charge < -0.3 is 0 Å². The monoisotopic (exact) mass is 670 g/mol. The van der Waals surface area contributed by atoms with Gasteiger partial charge in [-0.25, -0.2) is 24.9 Å². The molecule has 10 rings (SSSR count). The lowest BCUT2D eigenvalue weighted by Crippen LogP contribution is -2.00. The zero-order chi connectivity index (χ0) is 33.7. The minimum atomic E-state index is 0.638. The molecule has 6 nitrogen and oxygen atoms in total. The van der Waals surface area contributed by atoms with Crippen molar-refractivity contribution in [3.63, 3.8) is 0 Å². The van der Waals surface area contributed by atoms with Crippen LogP contribution in [0.5, 0.6) is 0 Å². The lowest BCUT2D eigenvalue weighted by molar-refractivity contribution is 1.07. The molecule has 0 aliphatic rings. The molecule has 0 radical (unpaired) electrons. The molecule has 0 unspecified atom stereocenters. The lowest BCUT2D eigenvalue weighted by atomic mass is 10.0. The van der Waals surface area contributed by atoms with Gasteiger partial charge in [-0.1, -0.05) is 115 Å². The molecule has 10 aromatic rings. The Morgan fingerprint density at radius 3 is 1.65 bits per heavy atom. The molecule has 0 saturated carbocycles. The van der Waals surface area contributed by atoms with Gasteiger partial charge in [-0.05, 0) is 46.8 Å². The van der Waals surface area contributed by atoms with E-state index in [0.29, 0.717) is 17.5 Å². The molecule has 238 valence electrons. The Kier molecular flexibility index (Phi) is 6.89. The van der Waals surface area contributed by atoms with Crippen molar-refractivity contribution in [2.24, 2.45) is 0 Å². The maximum Gasteiger partial charge on any atom is 0.164 e. The molecular weight excluding hydrogens is 645 g/mol. The van der Waals surface area contributed by atoms with Crippen LogP contribution in [-0.4, -0.2) is 29.9 Å². The second-order valence-corrected chi connectivity index (χ2v) is 13.5. The number of pyridine rings is 3. The molecule has 7 heteroatoms. The molecule has 0 bridgehead atoms. The number of hydrogen-bond donors (Lipinski definition) is 0. The highest BCUT2D eigenvalue weighted by Crippen LogP contribution is 2.39. The van der Waals surface area contributed by atoms with Crippen molar-refractivity contribution in [3.05, 3.63) is 158 Å². The number of thiophene rings is 1. The first-order chi connectivity index (χ1) is 25.2. The minimum absolute atomic E-state index is 0.638. The van der Waals surface area contributed by atoms with Crippen molar-refractivity contribution in [3.8, 4) is 56.7 Å². The standard InChI is InChI=1S/C44H26N6S/c1-3-10-28(11-4-1)41-48-42(29-12-5-2-6-13-29)50-43(49-41)30-19-17-27(18-20-30)31-21-22-38-35(24-31)36-25-37(46-26-39(36)51-38)40-33-15-8-7-14-32(33)34-16-9-23-45-44(34)47-40/h1-26H. The second kappa shape index (κ2) is 12.0. The summed E-state index contributed by atoms with van der Waals surface area (Å²) in [5.41, 5.74) is 7.48. The van der Waals surface area contributed by atoms with Crippen LogP contribution in [0.3, 0.4) is 0 Å². The summed E-state index contributed by atoms with van der Waals surface area (Å²) in [6, 6.07) is 49.8. The summed E-state index contributed by atoms with van der Waals surface area (Å²) in [6.45, 7) is 0. The van der Waals surface area contributed by atoms with E-state index in [0.717, 1.165) is 71.1 Å². The number of rotatable bonds is 5. The van der Waals surface area contributed by atoms with Crippen LogP contribution in [0.1, 0.15) is 0 Å². The Labute approximate surface area is 296 Å². The quantitative estimate of drug-likeness (QED) is 0.170. The van der Waals surface area contributed by atoms with Crippen molar-refractivity contribution in [2.45, 2.75) is 0 Å². The fourth-order valence-corrected chi connectivity index (χ4v) is 7.76. The third-order valence-corrected chi connectivity index (χ3v) is 10.4. The molecule has 0 aliphatic heterocycles. The van der Waals surface area contributed by atoms with E-state index >= 15 is 0 Å². The summed E-state index contributed by atoms with van der Waals surface area (Å²) in [4.78, 5) is 29.1. The summed E-state index contributed by atoms with van der Waals surface area (Å²) in [5.74, 6) is 1.93. The van der Waals surface area contributed by atoms with Crippen LogP contribution in [-0.2, 0) is 0 Å². The zero-order valence-electron chi connectivity index (χ0n) is 27.1. The van der Waals surface area contributed by atoms with Gasteiger partial charge in [0.25, 0.3) is 0 Å². The van der Waals surface area contributed by atoms with E-state index in [9.17, 15) is 0 Å². The smallest absolute Gasteiger partial charge is 0.164 e. The van der Waals surface area contributed by atoms with Crippen LogP contribution in [0.15, 0.2) is 158 Å². The summed E-state index contributed by atoms with van der Waals surface area (Å²) in [6.07, 6.45) is 3.77. The first-order valence-electron chi connectivity index (χ1n) is 16.7. The molecule has 5 aromatic carbocycles. The molecule has 0 aliphatic carbocycles. The van der Waals surface area contributed by atoms with Crippen LogP contribution in [0.4, 0.5) is 0 Å². The summed E-state index contributed by atoms with van der Waals surface area (Å²) in [7, 11) is 0. The highest BCUT2D eigenvalue weighted by molar-refractivity contribution is 7.25. The second-order valence-electron chi connectivity index (χ2n) is 12.4. The zero-order valence-corrected chi connectivity index (χ0v) is 27.9. The number of fused-ring (bicyclic) bond motifs is 6. The molecule has 0 saturated heterocycles. The molecule has 0 atom stereocenters. The number of nitrogens with zero attached hydrogens (tertiary/aromatic N) is 6. The maximum absolute atomic E-state index is 5.00. The van der Waals surface area contributed by atoms with Crippen molar-refractivity contribution in [1.82, 2.24) is 29.9 Å². The summed E-state index contributed by atoms with van der Waals surface area (Å²) >= 11 is 1.76. The van der Waals surface area contributed by atoms with Gasteiger partial charge in [-0.15, -0.1) is 11.3 Å². The van der Waals surface area contributed by atoms with E-state index in [1.54, 1.807) is 17.5 Å². The molecule has 5 heterocycles. The van der Waals surface area contributed by atoms with Gasteiger partial charge in [0.2, 0.25) is 0 Å². The van der Waals surface area contributed by atoms with Crippen LogP contribution in [0.25, 0.3) is 98.7 Å². The molecule has 0 spiro atoms. The van der Waals surface area contributed by atoms with Gasteiger partial charge in [-0.2, -0.15) is 0 Å². The van der Waals surface area contributed by atoms with Crippen LogP contribution >= 0.6 is 11.3 Å². The summed E-state index contributed by atoms with van der Waals surface area (Å²) < 4.78 is 2.36. The van der Waals surface area contributed by atoms with Gasteiger partial charge in [0.15, 0.2) is 23.1 Å². The largest absolute Gasteiger partial charge is 0.253 e. The number of aromatic nitrogens is 6. The van der Waals surface area contributed by atoms with Crippen molar-refractivity contribution in [2.75, 3.05) is 0 Å². The van der Waals surface area contributed by atoms with Crippen LogP contribution < -0.4 is 0 Å². The molecule has 51 heavy (non-hydrogen) atoms. The molecule has 0 N–H and O–H groups in total. The fraction of sp³-hybridized carbons (Fsp3) is 0. The van der Waals surface area contributed by atoms with Crippen molar-refractivity contribution < 1.29 is 0 Å². The SMILES string of the molecule is c1ccc(-c2nc(-c3ccccc3)nc(-c3ccc(-c4ccc5sc6cnc(-c7nc8ncccc8c8ccccc78)cc6c5c4)cc3)n2)cc1. The van der Waals surface area contributed by atoms with Crippen molar-refractivity contribution in [1.29, 1.82) is 0 Å². The average Bonchev–Trinajstić information content (AvgIpc) is 3.58. The highest BCUT2D eigenvalue weighted by atomic mass is 32.1. The molecule has 0 amide bonds. The molecule has 0 fully saturated rings. The first-order valence-corrected chi connectivity index (χ1v) is 17.5. The number of benzene rings is 5. The van der Waals surface area contributed by atoms with E-state index in [-0.39, 0.29) is 0 Å². The van der Waals surface area contributed by atoms with Crippen LogP contribution in [0.2, 0.25) is 0 Å². The Morgan fingerprint density at radius 2 is 0.941 bits per heavy atom. The predicted octanol–water partition coefficient (Wildman–Crippen LogP) is 11.1. The van der Waals surface area contributed by atoms with Gasteiger partial charge >= 0.3 is 0 Å². The maximum atomic E-state index is 5.00. The Balaban J connectivity index is 1.04. The number of hydrogen-bond acceptors (Lipinski definition) is 7. The van der Waals surface area contributed by atoms with E-state index < -0.39 is 0 Å². The topological polar surface area (TPSA) is 77.3 Å². The van der Waals surface area contributed by atoms with Crippen molar-refractivity contribution >= 4 is 53.3 Å². The fourth-order valence-electron chi connectivity index (χ4n) is 6.72. The van der Waals surface area contributed by atoms with Gasteiger partial charge in [0, 0.05) is 55.3 Å². The minimum Gasteiger partial charge on any atom is -0.253 e. The van der Waals surface area contributed by atoms with Gasteiger partial charge in [0.05, 0.1) is 16.1 Å². The third kappa shape index (κ3) is 5.19. The summed E-state index contributed by atoms with van der Waals surface area (Å²) in [5, 5.41) is 5.59. The highest BCUT2D eigenvalue weighted by Gasteiger charge is 2.16. The third-order valence-electron chi connectivity index (χ3n) is 9.25. The van der Waals surface area contributed by atoms with E-state index in [4.69, 9.17) is 24.9 Å².